The van der Waals surface area contributed by atoms with Gasteiger partial charge < -0.3 is 9.15 Å². The fourth-order valence-electron chi connectivity index (χ4n) is 2.19. The molecule has 0 saturated carbocycles. The normalized spacial score (nSPS) is 11.4. The van der Waals surface area contributed by atoms with Crippen LogP contribution in [0.4, 0.5) is 0 Å². The van der Waals surface area contributed by atoms with E-state index in [9.17, 15) is 8.42 Å². The molecule has 0 saturated heterocycles. The number of nitrogens with zero attached hydrogens (tertiary/aromatic N) is 1. The SMILES string of the molecule is CS(=O)(=O)c1ccc(OCCc2coc(-c3ccccc3)n2)cc1. The van der Waals surface area contributed by atoms with Crippen LogP contribution in [0.5, 0.6) is 5.75 Å². The van der Waals surface area contributed by atoms with Crippen LogP contribution in [0.2, 0.25) is 0 Å². The predicted molar refractivity (Wildman–Crippen MR) is 90.7 cm³/mol. The maximum absolute atomic E-state index is 11.4. The van der Waals surface area contributed by atoms with E-state index in [4.69, 9.17) is 9.15 Å². The molecular formula is C18H17NO4S. The van der Waals surface area contributed by atoms with Crippen molar-refractivity contribution in [2.45, 2.75) is 11.3 Å². The van der Waals surface area contributed by atoms with E-state index in [0.717, 1.165) is 11.3 Å². The zero-order valence-corrected chi connectivity index (χ0v) is 14.0. The Balaban J connectivity index is 1.56. The molecule has 6 heteroatoms. The van der Waals surface area contributed by atoms with Crippen molar-refractivity contribution in [2.24, 2.45) is 0 Å². The summed E-state index contributed by atoms with van der Waals surface area (Å²) in [7, 11) is -3.18. The molecule has 3 aromatic rings. The number of ether oxygens (including phenoxy) is 1. The Morgan fingerprint density at radius 3 is 2.42 bits per heavy atom. The van der Waals surface area contributed by atoms with Gasteiger partial charge in [-0.2, -0.15) is 0 Å². The van der Waals surface area contributed by atoms with Crippen molar-refractivity contribution < 1.29 is 17.6 Å². The number of rotatable bonds is 6. The van der Waals surface area contributed by atoms with Crippen LogP contribution < -0.4 is 4.74 Å². The predicted octanol–water partition coefficient (Wildman–Crippen LogP) is 3.37. The third-order valence-corrected chi connectivity index (χ3v) is 4.58. The van der Waals surface area contributed by atoms with Crippen LogP contribution in [0.1, 0.15) is 5.69 Å². The molecule has 0 fully saturated rings. The summed E-state index contributed by atoms with van der Waals surface area (Å²) in [6, 6.07) is 16.1. The van der Waals surface area contributed by atoms with Crippen molar-refractivity contribution in [3.63, 3.8) is 0 Å². The van der Waals surface area contributed by atoms with E-state index in [1.807, 2.05) is 30.3 Å². The van der Waals surface area contributed by atoms with Gasteiger partial charge in [-0.05, 0) is 36.4 Å². The highest BCUT2D eigenvalue weighted by molar-refractivity contribution is 7.90. The Kier molecular flexibility index (Phi) is 4.66. The van der Waals surface area contributed by atoms with Crippen LogP contribution in [0.15, 0.2) is 70.2 Å². The summed E-state index contributed by atoms with van der Waals surface area (Å²) in [6.45, 7) is 0.430. The lowest BCUT2D eigenvalue weighted by Crippen LogP contribution is -2.02. The van der Waals surface area contributed by atoms with E-state index >= 15 is 0 Å². The number of hydrogen-bond acceptors (Lipinski definition) is 5. The smallest absolute Gasteiger partial charge is 0.226 e. The van der Waals surface area contributed by atoms with Gasteiger partial charge in [-0.3, -0.25) is 0 Å². The molecule has 0 radical (unpaired) electrons. The molecule has 0 spiro atoms. The Morgan fingerprint density at radius 1 is 1.04 bits per heavy atom. The second-order valence-corrected chi connectivity index (χ2v) is 7.37. The quantitative estimate of drug-likeness (QED) is 0.686. The van der Waals surface area contributed by atoms with Gasteiger partial charge in [0.2, 0.25) is 5.89 Å². The monoisotopic (exact) mass is 343 g/mol. The van der Waals surface area contributed by atoms with Gasteiger partial charge in [0.25, 0.3) is 0 Å². The van der Waals surface area contributed by atoms with Crippen LogP contribution in [0.25, 0.3) is 11.5 Å². The Bertz CT molecular complexity index is 900. The summed E-state index contributed by atoms with van der Waals surface area (Å²) in [6.07, 6.45) is 3.40. The van der Waals surface area contributed by atoms with E-state index in [1.54, 1.807) is 18.4 Å². The van der Waals surface area contributed by atoms with Gasteiger partial charge in [-0.15, -0.1) is 0 Å². The van der Waals surface area contributed by atoms with Gasteiger partial charge in [0.1, 0.15) is 12.0 Å². The van der Waals surface area contributed by atoms with Crippen LogP contribution in [0.3, 0.4) is 0 Å². The summed E-state index contributed by atoms with van der Waals surface area (Å²) in [5.41, 5.74) is 1.74. The topological polar surface area (TPSA) is 69.4 Å². The first-order valence-electron chi connectivity index (χ1n) is 7.45. The minimum atomic E-state index is -3.18. The molecule has 0 aliphatic rings. The van der Waals surface area contributed by atoms with E-state index in [0.29, 0.717) is 24.7 Å². The lowest BCUT2D eigenvalue weighted by atomic mass is 10.2. The van der Waals surface area contributed by atoms with Crippen molar-refractivity contribution in [3.8, 4) is 17.2 Å². The van der Waals surface area contributed by atoms with Gasteiger partial charge in [-0.1, -0.05) is 18.2 Å². The molecule has 0 unspecified atom stereocenters. The van der Waals surface area contributed by atoms with Crippen molar-refractivity contribution >= 4 is 9.84 Å². The van der Waals surface area contributed by atoms with Crippen molar-refractivity contribution in [3.05, 3.63) is 66.6 Å². The highest BCUT2D eigenvalue weighted by Crippen LogP contribution is 2.19. The first kappa shape index (κ1) is 16.3. The molecule has 1 aromatic heterocycles. The second kappa shape index (κ2) is 6.88. The molecule has 1 heterocycles. The van der Waals surface area contributed by atoms with Gasteiger partial charge in [0.15, 0.2) is 9.84 Å². The molecule has 24 heavy (non-hydrogen) atoms. The van der Waals surface area contributed by atoms with E-state index in [2.05, 4.69) is 4.98 Å². The minimum Gasteiger partial charge on any atom is -0.493 e. The maximum Gasteiger partial charge on any atom is 0.226 e. The van der Waals surface area contributed by atoms with E-state index in [1.165, 1.54) is 18.4 Å². The molecule has 3 rings (SSSR count). The van der Waals surface area contributed by atoms with Crippen molar-refractivity contribution in [2.75, 3.05) is 12.9 Å². The molecule has 0 bridgehead atoms. The van der Waals surface area contributed by atoms with Gasteiger partial charge in [0, 0.05) is 18.2 Å². The van der Waals surface area contributed by atoms with Gasteiger partial charge >= 0.3 is 0 Å². The number of sulfone groups is 1. The fourth-order valence-corrected chi connectivity index (χ4v) is 2.82. The third kappa shape index (κ3) is 4.02. The summed E-state index contributed by atoms with van der Waals surface area (Å²) >= 11 is 0. The zero-order valence-electron chi connectivity index (χ0n) is 13.2. The molecule has 0 atom stereocenters. The van der Waals surface area contributed by atoms with E-state index < -0.39 is 9.84 Å². The van der Waals surface area contributed by atoms with Gasteiger partial charge in [-0.25, -0.2) is 13.4 Å². The Hall–Kier alpha value is -2.60. The Morgan fingerprint density at radius 2 is 1.75 bits per heavy atom. The number of hydrogen-bond donors (Lipinski definition) is 0. The molecular weight excluding hydrogens is 326 g/mol. The third-order valence-electron chi connectivity index (χ3n) is 3.45. The van der Waals surface area contributed by atoms with Crippen LogP contribution in [-0.4, -0.2) is 26.3 Å². The first-order chi connectivity index (χ1) is 11.5. The number of oxazole rings is 1. The van der Waals surface area contributed by atoms with Gasteiger partial charge in [0.05, 0.1) is 17.2 Å². The maximum atomic E-state index is 11.4. The minimum absolute atomic E-state index is 0.277. The lowest BCUT2D eigenvalue weighted by molar-refractivity contribution is 0.320. The Labute approximate surface area is 140 Å². The van der Waals surface area contributed by atoms with Crippen LogP contribution in [-0.2, 0) is 16.3 Å². The summed E-state index contributed by atoms with van der Waals surface area (Å²) < 4.78 is 33.9. The molecule has 0 N–H and O–H groups in total. The summed E-state index contributed by atoms with van der Waals surface area (Å²) in [4.78, 5) is 4.71. The first-order valence-corrected chi connectivity index (χ1v) is 9.34. The van der Waals surface area contributed by atoms with E-state index in [-0.39, 0.29) is 4.90 Å². The second-order valence-electron chi connectivity index (χ2n) is 5.35. The lowest BCUT2D eigenvalue weighted by Gasteiger charge is -2.05. The van der Waals surface area contributed by atoms with Crippen molar-refractivity contribution in [1.82, 2.24) is 4.98 Å². The highest BCUT2D eigenvalue weighted by atomic mass is 32.2. The van der Waals surface area contributed by atoms with Crippen LogP contribution in [0, 0.1) is 0 Å². The highest BCUT2D eigenvalue weighted by Gasteiger charge is 2.08. The number of aromatic nitrogens is 1. The molecule has 0 amide bonds. The van der Waals surface area contributed by atoms with Crippen molar-refractivity contribution in [1.29, 1.82) is 0 Å². The molecule has 0 aliphatic carbocycles. The summed E-state index contributed by atoms with van der Waals surface area (Å²) in [5, 5.41) is 0. The average molecular weight is 343 g/mol. The largest absolute Gasteiger partial charge is 0.493 e. The molecule has 0 aliphatic heterocycles. The molecule has 5 nitrogen and oxygen atoms in total. The average Bonchev–Trinajstić information content (AvgIpc) is 3.04. The molecule has 2 aromatic carbocycles. The fraction of sp³-hybridized carbons (Fsp3) is 0.167. The summed E-state index contributed by atoms with van der Waals surface area (Å²) in [5.74, 6) is 1.21. The zero-order chi connectivity index (χ0) is 17.0. The molecule has 124 valence electrons. The standard InChI is InChI=1S/C18H17NO4S/c1-24(20,21)17-9-7-16(8-10-17)22-12-11-15-13-23-18(19-15)14-5-3-2-4-6-14/h2-10,13H,11-12H2,1H3. The van der Waals surface area contributed by atoms with Crippen LogP contribution >= 0.6 is 0 Å². The number of benzene rings is 2.